The summed E-state index contributed by atoms with van der Waals surface area (Å²) in [5, 5.41) is 0. The van der Waals surface area contributed by atoms with Crippen LogP contribution in [0, 0.1) is 6.92 Å². The molecule has 0 amide bonds. The topological polar surface area (TPSA) is 16.1 Å². The minimum Gasteiger partial charge on any atom is -0.295 e. The Morgan fingerprint density at radius 2 is 2.38 bits per heavy atom. The predicted molar refractivity (Wildman–Crippen MR) is 67.4 cm³/mol. The van der Waals surface area contributed by atoms with E-state index in [-0.39, 0.29) is 0 Å². The Morgan fingerprint density at radius 1 is 1.50 bits per heavy atom. The molecule has 2 nitrogen and oxygen atoms in total. The summed E-state index contributed by atoms with van der Waals surface area (Å²) in [6.07, 6.45) is 7.12. The zero-order chi connectivity index (χ0) is 11.4. The third kappa shape index (κ3) is 2.43. The normalized spacial score (nSPS) is 21.5. The number of rotatable bonds is 4. The van der Waals surface area contributed by atoms with Crippen LogP contribution in [0.4, 0.5) is 0 Å². The predicted octanol–water partition coefficient (Wildman–Crippen LogP) is 3.33. The first-order valence-electron chi connectivity index (χ1n) is 6.48. The molecule has 0 saturated carbocycles. The first-order valence-corrected chi connectivity index (χ1v) is 6.48. The van der Waals surface area contributed by atoms with Crippen LogP contribution in [0.2, 0.25) is 0 Å². The molecule has 0 aromatic carbocycles. The Labute approximate surface area is 98.7 Å². The van der Waals surface area contributed by atoms with Gasteiger partial charge in [-0.25, -0.2) is 0 Å². The fourth-order valence-corrected chi connectivity index (χ4v) is 2.61. The first-order chi connectivity index (χ1) is 7.83. The van der Waals surface area contributed by atoms with Crippen LogP contribution < -0.4 is 0 Å². The number of unbranched alkanes of at least 4 members (excludes halogenated alkanes) is 1. The van der Waals surface area contributed by atoms with Crippen molar-refractivity contribution in [3.8, 4) is 0 Å². The fraction of sp³-hybridized carbons (Fsp3) is 0.643. The summed E-state index contributed by atoms with van der Waals surface area (Å²) in [7, 11) is 0. The van der Waals surface area contributed by atoms with Gasteiger partial charge in [0.1, 0.15) is 0 Å². The largest absolute Gasteiger partial charge is 0.295 e. The molecule has 1 unspecified atom stereocenters. The molecule has 1 aliphatic rings. The molecule has 0 N–H and O–H groups in total. The van der Waals surface area contributed by atoms with Crippen LogP contribution in [0.25, 0.3) is 0 Å². The summed E-state index contributed by atoms with van der Waals surface area (Å²) in [4.78, 5) is 7.19. The zero-order valence-electron chi connectivity index (χ0n) is 10.4. The lowest BCUT2D eigenvalue weighted by Gasteiger charge is -2.24. The zero-order valence-corrected chi connectivity index (χ0v) is 10.4. The molecule has 1 aromatic heterocycles. The monoisotopic (exact) mass is 218 g/mol. The van der Waals surface area contributed by atoms with Crippen LogP contribution in [0.15, 0.2) is 18.3 Å². The van der Waals surface area contributed by atoms with Crippen molar-refractivity contribution in [2.45, 2.75) is 45.6 Å². The average molecular weight is 218 g/mol. The summed E-state index contributed by atoms with van der Waals surface area (Å²) >= 11 is 0. The molecule has 1 aliphatic heterocycles. The number of hydrogen-bond donors (Lipinski definition) is 0. The highest BCUT2D eigenvalue weighted by Crippen LogP contribution is 2.32. The van der Waals surface area contributed by atoms with Gasteiger partial charge in [-0.2, -0.15) is 0 Å². The van der Waals surface area contributed by atoms with E-state index in [0.29, 0.717) is 6.04 Å². The van der Waals surface area contributed by atoms with E-state index >= 15 is 0 Å². The molecule has 1 atom stereocenters. The van der Waals surface area contributed by atoms with Gasteiger partial charge in [0.2, 0.25) is 0 Å². The Bertz CT molecular complexity index is 335. The highest BCUT2D eigenvalue weighted by atomic mass is 15.2. The fourth-order valence-electron chi connectivity index (χ4n) is 2.61. The van der Waals surface area contributed by atoms with Crippen LogP contribution in [0.3, 0.4) is 0 Å². The van der Waals surface area contributed by atoms with Gasteiger partial charge in [-0.15, -0.1) is 0 Å². The lowest BCUT2D eigenvalue weighted by Crippen LogP contribution is -2.25. The molecule has 1 aromatic rings. The highest BCUT2D eigenvalue weighted by Gasteiger charge is 2.27. The quantitative estimate of drug-likeness (QED) is 0.770. The van der Waals surface area contributed by atoms with Gasteiger partial charge in [0.15, 0.2) is 0 Å². The van der Waals surface area contributed by atoms with Gasteiger partial charge in [-0.1, -0.05) is 19.4 Å². The number of nitrogens with zero attached hydrogens (tertiary/aromatic N) is 2. The van der Waals surface area contributed by atoms with Crippen LogP contribution >= 0.6 is 0 Å². The molecule has 2 heteroatoms. The Hall–Kier alpha value is -0.890. The van der Waals surface area contributed by atoms with Crippen molar-refractivity contribution in [2.75, 3.05) is 13.1 Å². The SMILES string of the molecule is CCCCN1CCCC1c1ncccc1C. The van der Waals surface area contributed by atoms with Crippen LogP contribution in [-0.2, 0) is 0 Å². The van der Waals surface area contributed by atoms with E-state index in [4.69, 9.17) is 0 Å². The highest BCUT2D eigenvalue weighted by molar-refractivity contribution is 5.21. The maximum Gasteiger partial charge on any atom is 0.0604 e. The second kappa shape index (κ2) is 5.44. The molecule has 1 fully saturated rings. The molecule has 16 heavy (non-hydrogen) atoms. The molecule has 2 heterocycles. The maximum absolute atomic E-state index is 4.58. The van der Waals surface area contributed by atoms with Crippen LogP contribution in [-0.4, -0.2) is 23.0 Å². The van der Waals surface area contributed by atoms with Crippen LogP contribution in [0.5, 0.6) is 0 Å². The molecular weight excluding hydrogens is 196 g/mol. The molecule has 88 valence electrons. The summed E-state index contributed by atoms with van der Waals surface area (Å²) in [5.41, 5.74) is 2.65. The summed E-state index contributed by atoms with van der Waals surface area (Å²) in [5.74, 6) is 0. The molecule has 0 aliphatic carbocycles. The minimum atomic E-state index is 0.577. The summed E-state index contributed by atoms with van der Waals surface area (Å²) in [6, 6.07) is 4.79. The van der Waals surface area contributed by atoms with E-state index in [9.17, 15) is 0 Å². The minimum absolute atomic E-state index is 0.577. The third-order valence-corrected chi connectivity index (χ3v) is 3.53. The number of aryl methyl sites for hydroxylation is 1. The van der Waals surface area contributed by atoms with Crippen molar-refractivity contribution in [3.63, 3.8) is 0 Å². The molecule has 0 bridgehead atoms. The molecule has 0 spiro atoms. The van der Waals surface area contributed by atoms with Gasteiger partial charge >= 0.3 is 0 Å². The summed E-state index contributed by atoms with van der Waals surface area (Å²) in [6.45, 7) is 6.92. The van der Waals surface area contributed by atoms with Crippen molar-refractivity contribution in [1.29, 1.82) is 0 Å². The number of pyridine rings is 1. The van der Waals surface area contributed by atoms with Crippen LogP contribution in [0.1, 0.15) is 49.9 Å². The Balaban J connectivity index is 2.10. The lowest BCUT2D eigenvalue weighted by molar-refractivity contribution is 0.248. The molecule has 2 rings (SSSR count). The molecule has 0 radical (unpaired) electrons. The van der Waals surface area contributed by atoms with E-state index in [1.54, 1.807) is 0 Å². The molecule has 1 saturated heterocycles. The van der Waals surface area contributed by atoms with E-state index in [1.807, 2.05) is 12.3 Å². The van der Waals surface area contributed by atoms with Gasteiger partial charge in [0.05, 0.1) is 11.7 Å². The van der Waals surface area contributed by atoms with Gasteiger partial charge < -0.3 is 0 Å². The van der Waals surface area contributed by atoms with E-state index in [2.05, 4.69) is 29.8 Å². The van der Waals surface area contributed by atoms with Gasteiger partial charge in [-0.3, -0.25) is 9.88 Å². The third-order valence-electron chi connectivity index (χ3n) is 3.53. The van der Waals surface area contributed by atoms with Crippen molar-refractivity contribution in [1.82, 2.24) is 9.88 Å². The van der Waals surface area contributed by atoms with E-state index in [0.717, 1.165) is 0 Å². The molecular formula is C14H22N2. The van der Waals surface area contributed by atoms with Crippen molar-refractivity contribution < 1.29 is 0 Å². The summed E-state index contributed by atoms with van der Waals surface area (Å²) < 4.78 is 0. The van der Waals surface area contributed by atoms with Crippen molar-refractivity contribution >= 4 is 0 Å². The van der Waals surface area contributed by atoms with E-state index in [1.165, 1.54) is 50.0 Å². The Morgan fingerprint density at radius 3 is 3.12 bits per heavy atom. The van der Waals surface area contributed by atoms with Gasteiger partial charge in [0.25, 0.3) is 0 Å². The maximum atomic E-state index is 4.58. The second-order valence-corrected chi connectivity index (χ2v) is 4.75. The van der Waals surface area contributed by atoms with E-state index < -0.39 is 0 Å². The number of likely N-dealkylation sites (tertiary alicyclic amines) is 1. The second-order valence-electron chi connectivity index (χ2n) is 4.75. The van der Waals surface area contributed by atoms with Crippen molar-refractivity contribution in [2.24, 2.45) is 0 Å². The standard InChI is InChI=1S/C14H22N2/c1-3-4-10-16-11-6-8-13(16)14-12(2)7-5-9-15-14/h5,7,9,13H,3-4,6,8,10-11H2,1-2H3. The lowest BCUT2D eigenvalue weighted by atomic mass is 10.1. The smallest absolute Gasteiger partial charge is 0.0604 e. The first kappa shape index (κ1) is 11.6. The number of aromatic nitrogens is 1. The number of hydrogen-bond acceptors (Lipinski definition) is 2. The van der Waals surface area contributed by atoms with Crippen molar-refractivity contribution in [3.05, 3.63) is 29.6 Å². The van der Waals surface area contributed by atoms with Gasteiger partial charge in [-0.05, 0) is 50.9 Å². The average Bonchev–Trinajstić information content (AvgIpc) is 2.75. The Kier molecular flexibility index (Phi) is 3.94. The van der Waals surface area contributed by atoms with Gasteiger partial charge in [0, 0.05) is 6.20 Å².